The number of rotatable bonds is 2. The standard InChI is InChI=1S/C12H16FNO3/c1-7(15)8-2-3-10(9(13)4-8)14-5-11(16)12(17)6-14/h2-4,7,11-12,15-17H,5-6H2,1H3/t7-,11?,12?/m1/s1. The molecule has 1 aromatic rings. The van der Waals surface area contributed by atoms with E-state index in [2.05, 4.69) is 0 Å². The molecule has 0 amide bonds. The second-order valence-electron chi connectivity index (χ2n) is 4.43. The van der Waals surface area contributed by atoms with Crippen molar-refractivity contribution in [1.82, 2.24) is 0 Å². The van der Waals surface area contributed by atoms with Crippen LogP contribution in [0, 0.1) is 5.82 Å². The van der Waals surface area contributed by atoms with Crippen LogP contribution in [0.1, 0.15) is 18.6 Å². The highest BCUT2D eigenvalue weighted by Crippen LogP contribution is 2.26. The lowest BCUT2D eigenvalue weighted by Gasteiger charge is -2.19. The van der Waals surface area contributed by atoms with Crippen LogP contribution in [0.4, 0.5) is 10.1 Å². The molecule has 1 fully saturated rings. The van der Waals surface area contributed by atoms with Crippen LogP contribution < -0.4 is 4.90 Å². The van der Waals surface area contributed by atoms with E-state index in [0.29, 0.717) is 11.3 Å². The summed E-state index contributed by atoms with van der Waals surface area (Å²) in [4.78, 5) is 1.59. The zero-order valence-corrected chi connectivity index (χ0v) is 9.55. The van der Waals surface area contributed by atoms with Gasteiger partial charge < -0.3 is 20.2 Å². The van der Waals surface area contributed by atoms with Crippen molar-refractivity contribution in [1.29, 1.82) is 0 Å². The van der Waals surface area contributed by atoms with Gasteiger partial charge in [0.05, 0.1) is 24.0 Å². The molecule has 1 aliphatic heterocycles. The summed E-state index contributed by atoms with van der Waals surface area (Å²) < 4.78 is 13.8. The number of nitrogens with zero attached hydrogens (tertiary/aromatic N) is 1. The molecule has 0 saturated carbocycles. The van der Waals surface area contributed by atoms with Crippen LogP contribution in [0.15, 0.2) is 18.2 Å². The largest absolute Gasteiger partial charge is 0.389 e. The van der Waals surface area contributed by atoms with Crippen LogP contribution >= 0.6 is 0 Å². The van der Waals surface area contributed by atoms with E-state index in [-0.39, 0.29) is 13.1 Å². The van der Waals surface area contributed by atoms with Crippen molar-refractivity contribution < 1.29 is 19.7 Å². The van der Waals surface area contributed by atoms with E-state index in [1.54, 1.807) is 24.0 Å². The lowest BCUT2D eigenvalue weighted by Crippen LogP contribution is -2.22. The summed E-state index contributed by atoms with van der Waals surface area (Å²) in [6.45, 7) is 2.00. The maximum Gasteiger partial charge on any atom is 0.146 e. The summed E-state index contributed by atoms with van der Waals surface area (Å²) in [5.41, 5.74) is 0.844. The van der Waals surface area contributed by atoms with Crippen molar-refractivity contribution in [3.63, 3.8) is 0 Å². The highest BCUT2D eigenvalue weighted by molar-refractivity contribution is 5.50. The summed E-state index contributed by atoms with van der Waals surface area (Å²) in [6, 6.07) is 4.47. The van der Waals surface area contributed by atoms with Crippen molar-refractivity contribution in [2.45, 2.75) is 25.2 Å². The first-order chi connectivity index (χ1) is 7.99. The monoisotopic (exact) mass is 241 g/mol. The van der Waals surface area contributed by atoms with Crippen LogP contribution in [0.25, 0.3) is 0 Å². The molecule has 5 heteroatoms. The Balaban J connectivity index is 2.23. The maximum atomic E-state index is 13.8. The van der Waals surface area contributed by atoms with Gasteiger partial charge in [-0.1, -0.05) is 6.07 Å². The van der Waals surface area contributed by atoms with Gasteiger partial charge in [-0.25, -0.2) is 4.39 Å². The number of aliphatic hydroxyl groups is 3. The summed E-state index contributed by atoms with van der Waals surface area (Å²) in [5.74, 6) is -0.454. The number of anilines is 1. The predicted octanol–water partition coefficient (Wildman–Crippen LogP) is 0.421. The number of β-amino-alcohol motifs (C(OH)–C–C–N with tert-alkyl or cyclic N) is 2. The first-order valence-electron chi connectivity index (χ1n) is 5.57. The first kappa shape index (κ1) is 12.3. The second kappa shape index (κ2) is 4.60. The van der Waals surface area contributed by atoms with Gasteiger partial charge in [0.15, 0.2) is 0 Å². The molecule has 1 saturated heterocycles. The van der Waals surface area contributed by atoms with E-state index in [0.717, 1.165) is 0 Å². The molecule has 2 unspecified atom stereocenters. The summed E-state index contributed by atoms with van der Waals surface area (Å²) in [5, 5.41) is 28.1. The minimum Gasteiger partial charge on any atom is -0.389 e. The molecular weight excluding hydrogens is 225 g/mol. The number of hydrogen-bond acceptors (Lipinski definition) is 4. The molecular formula is C12H16FNO3. The van der Waals surface area contributed by atoms with Gasteiger partial charge in [0.25, 0.3) is 0 Å². The third kappa shape index (κ3) is 2.41. The molecule has 94 valence electrons. The van der Waals surface area contributed by atoms with Gasteiger partial charge >= 0.3 is 0 Å². The van der Waals surface area contributed by atoms with Crippen molar-refractivity contribution in [2.24, 2.45) is 0 Å². The molecule has 17 heavy (non-hydrogen) atoms. The van der Waals surface area contributed by atoms with Crippen LogP contribution in [-0.2, 0) is 0 Å². The highest BCUT2D eigenvalue weighted by Gasteiger charge is 2.30. The molecule has 0 aromatic heterocycles. The smallest absolute Gasteiger partial charge is 0.146 e. The van der Waals surface area contributed by atoms with Crippen LogP contribution in [-0.4, -0.2) is 40.6 Å². The number of aliphatic hydroxyl groups excluding tert-OH is 3. The SMILES string of the molecule is C[C@@H](O)c1ccc(N2CC(O)C(O)C2)c(F)c1. The summed E-state index contributed by atoms with van der Waals surface area (Å²) in [7, 11) is 0. The molecule has 1 heterocycles. The Bertz CT molecular complexity index is 401. The molecule has 4 nitrogen and oxygen atoms in total. The number of benzene rings is 1. The molecule has 0 radical (unpaired) electrons. The molecule has 0 spiro atoms. The lowest BCUT2D eigenvalue weighted by molar-refractivity contribution is 0.0572. The van der Waals surface area contributed by atoms with E-state index in [1.165, 1.54) is 6.07 Å². The molecule has 3 N–H and O–H groups in total. The molecule has 0 aliphatic carbocycles. The van der Waals surface area contributed by atoms with E-state index in [9.17, 15) is 19.7 Å². The minimum atomic E-state index is -0.842. The second-order valence-corrected chi connectivity index (χ2v) is 4.43. The third-order valence-corrected chi connectivity index (χ3v) is 3.05. The first-order valence-corrected chi connectivity index (χ1v) is 5.57. The van der Waals surface area contributed by atoms with E-state index in [1.807, 2.05) is 0 Å². The zero-order valence-electron chi connectivity index (χ0n) is 9.55. The Morgan fingerprint density at radius 3 is 2.35 bits per heavy atom. The molecule has 1 aromatic carbocycles. The van der Waals surface area contributed by atoms with E-state index in [4.69, 9.17) is 0 Å². The topological polar surface area (TPSA) is 63.9 Å². The van der Waals surface area contributed by atoms with Gasteiger partial charge in [0, 0.05) is 13.1 Å². The average molecular weight is 241 g/mol. The Morgan fingerprint density at radius 1 is 1.29 bits per heavy atom. The molecule has 1 aliphatic rings. The van der Waals surface area contributed by atoms with Crippen LogP contribution in [0.2, 0.25) is 0 Å². The predicted molar refractivity (Wildman–Crippen MR) is 61.3 cm³/mol. The quantitative estimate of drug-likeness (QED) is 0.702. The Labute approximate surface area is 98.9 Å². The molecule has 3 atom stereocenters. The minimum absolute atomic E-state index is 0.214. The van der Waals surface area contributed by atoms with Crippen molar-refractivity contribution in [3.05, 3.63) is 29.6 Å². The fraction of sp³-hybridized carbons (Fsp3) is 0.500. The number of halogens is 1. The molecule has 0 bridgehead atoms. The number of hydrogen-bond donors (Lipinski definition) is 3. The summed E-state index contributed by atoms with van der Waals surface area (Å²) >= 11 is 0. The van der Waals surface area contributed by atoms with Gasteiger partial charge in [-0.2, -0.15) is 0 Å². The van der Waals surface area contributed by atoms with Crippen molar-refractivity contribution >= 4 is 5.69 Å². The van der Waals surface area contributed by atoms with Crippen molar-refractivity contribution in [2.75, 3.05) is 18.0 Å². The maximum absolute atomic E-state index is 13.8. The fourth-order valence-corrected chi connectivity index (χ4v) is 2.01. The zero-order chi connectivity index (χ0) is 12.6. The van der Waals surface area contributed by atoms with E-state index < -0.39 is 24.1 Å². The van der Waals surface area contributed by atoms with Gasteiger partial charge in [-0.3, -0.25) is 0 Å². The Kier molecular flexibility index (Phi) is 3.33. The van der Waals surface area contributed by atoms with Crippen LogP contribution in [0.3, 0.4) is 0 Å². The lowest BCUT2D eigenvalue weighted by atomic mass is 10.1. The van der Waals surface area contributed by atoms with E-state index >= 15 is 0 Å². The molecule has 2 rings (SSSR count). The van der Waals surface area contributed by atoms with Gasteiger partial charge in [-0.05, 0) is 24.6 Å². The normalized spacial score (nSPS) is 26.3. The Morgan fingerprint density at radius 2 is 1.88 bits per heavy atom. The fourth-order valence-electron chi connectivity index (χ4n) is 2.01. The van der Waals surface area contributed by atoms with Crippen LogP contribution in [0.5, 0.6) is 0 Å². The van der Waals surface area contributed by atoms with Gasteiger partial charge in [0.1, 0.15) is 5.82 Å². The highest BCUT2D eigenvalue weighted by atomic mass is 19.1. The van der Waals surface area contributed by atoms with Crippen molar-refractivity contribution in [3.8, 4) is 0 Å². The van der Waals surface area contributed by atoms with Gasteiger partial charge in [-0.15, -0.1) is 0 Å². The van der Waals surface area contributed by atoms with Gasteiger partial charge in [0.2, 0.25) is 0 Å². The summed E-state index contributed by atoms with van der Waals surface area (Å²) in [6.07, 6.45) is -2.40. The average Bonchev–Trinajstić information content (AvgIpc) is 2.58. The third-order valence-electron chi connectivity index (χ3n) is 3.05. The Hall–Kier alpha value is -1.17.